The zero-order chi connectivity index (χ0) is 13.8. The van der Waals surface area contributed by atoms with Gasteiger partial charge in [0.2, 0.25) is 0 Å². The lowest BCUT2D eigenvalue weighted by Crippen LogP contribution is -2.12. The summed E-state index contributed by atoms with van der Waals surface area (Å²) in [4.78, 5) is 0. The SMILES string of the molecule is N#Cc1ccc(CNCc2ccc3c(c2)CCO3)cc1. The van der Waals surface area contributed by atoms with Crippen molar-refractivity contribution < 1.29 is 4.74 Å². The van der Waals surface area contributed by atoms with Gasteiger partial charge in [-0.15, -0.1) is 0 Å². The minimum Gasteiger partial charge on any atom is -0.493 e. The lowest BCUT2D eigenvalue weighted by atomic mass is 10.1. The topological polar surface area (TPSA) is 45.0 Å². The second kappa shape index (κ2) is 5.77. The van der Waals surface area contributed by atoms with Crippen molar-refractivity contribution in [3.63, 3.8) is 0 Å². The van der Waals surface area contributed by atoms with Gasteiger partial charge in [-0.1, -0.05) is 24.3 Å². The summed E-state index contributed by atoms with van der Waals surface area (Å²) in [6.07, 6.45) is 1.01. The van der Waals surface area contributed by atoms with Gasteiger partial charge in [-0.05, 0) is 34.9 Å². The largest absolute Gasteiger partial charge is 0.493 e. The van der Waals surface area contributed by atoms with Gasteiger partial charge in [0.05, 0.1) is 18.2 Å². The van der Waals surface area contributed by atoms with E-state index in [1.54, 1.807) is 0 Å². The fourth-order valence-corrected chi connectivity index (χ4v) is 2.40. The van der Waals surface area contributed by atoms with E-state index in [-0.39, 0.29) is 0 Å². The molecule has 0 spiro atoms. The number of benzene rings is 2. The third-order valence-corrected chi connectivity index (χ3v) is 3.50. The van der Waals surface area contributed by atoms with Crippen LogP contribution < -0.4 is 10.1 Å². The first-order valence-corrected chi connectivity index (χ1v) is 6.79. The normalized spacial score (nSPS) is 12.6. The molecule has 0 fully saturated rings. The van der Waals surface area contributed by atoms with Crippen LogP contribution in [0.4, 0.5) is 0 Å². The summed E-state index contributed by atoms with van der Waals surface area (Å²) in [6, 6.07) is 16.2. The van der Waals surface area contributed by atoms with E-state index in [0.717, 1.165) is 31.9 Å². The first kappa shape index (κ1) is 12.7. The van der Waals surface area contributed by atoms with E-state index < -0.39 is 0 Å². The number of nitrogens with zero attached hydrogens (tertiary/aromatic N) is 1. The maximum absolute atomic E-state index is 8.75. The average Bonchev–Trinajstić information content (AvgIpc) is 2.95. The molecule has 0 unspecified atom stereocenters. The molecule has 1 aliphatic rings. The standard InChI is InChI=1S/C17H16N2O/c18-10-13-1-3-14(4-2-13)11-19-12-15-5-6-17-16(9-15)7-8-20-17/h1-6,9,19H,7-8,11-12H2. The van der Waals surface area contributed by atoms with E-state index in [4.69, 9.17) is 10.00 Å². The molecule has 100 valence electrons. The Morgan fingerprint density at radius 1 is 1.05 bits per heavy atom. The third kappa shape index (κ3) is 2.81. The highest BCUT2D eigenvalue weighted by atomic mass is 16.5. The summed E-state index contributed by atoms with van der Waals surface area (Å²) in [5.74, 6) is 1.03. The second-order valence-corrected chi connectivity index (χ2v) is 4.95. The van der Waals surface area contributed by atoms with Crippen LogP contribution in [0.3, 0.4) is 0 Å². The van der Waals surface area contributed by atoms with Crippen LogP contribution >= 0.6 is 0 Å². The lowest BCUT2D eigenvalue weighted by Gasteiger charge is -2.07. The molecule has 3 heteroatoms. The summed E-state index contributed by atoms with van der Waals surface area (Å²) in [5, 5.41) is 12.2. The molecule has 0 radical (unpaired) electrons. The van der Waals surface area contributed by atoms with Crippen molar-refractivity contribution in [3.05, 3.63) is 64.7 Å². The van der Waals surface area contributed by atoms with Crippen LogP contribution in [0.5, 0.6) is 5.75 Å². The van der Waals surface area contributed by atoms with Gasteiger partial charge in [0.25, 0.3) is 0 Å². The lowest BCUT2D eigenvalue weighted by molar-refractivity contribution is 0.357. The van der Waals surface area contributed by atoms with E-state index in [1.807, 2.05) is 24.3 Å². The monoisotopic (exact) mass is 264 g/mol. The molecule has 1 aliphatic heterocycles. The van der Waals surface area contributed by atoms with Gasteiger partial charge in [-0.25, -0.2) is 0 Å². The van der Waals surface area contributed by atoms with Gasteiger partial charge in [-0.3, -0.25) is 0 Å². The maximum Gasteiger partial charge on any atom is 0.122 e. The zero-order valence-electron chi connectivity index (χ0n) is 11.2. The van der Waals surface area contributed by atoms with Crippen LogP contribution in [0, 0.1) is 11.3 Å². The quantitative estimate of drug-likeness (QED) is 0.923. The van der Waals surface area contributed by atoms with Crippen molar-refractivity contribution in [1.29, 1.82) is 5.26 Å². The Morgan fingerprint density at radius 3 is 2.60 bits per heavy atom. The van der Waals surface area contributed by atoms with E-state index in [0.29, 0.717) is 5.56 Å². The van der Waals surface area contributed by atoms with Crippen molar-refractivity contribution in [2.24, 2.45) is 0 Å². The predicted molar refractivity (Wildman–Crippen MR) is 77.3 cm³/mol. The molecule has 0 saturated heterocycles. The average molecular weight is 264 g/mol. The van der Waals surface area contributed by atoms with Gasteiger partial charge < -0.3 is 10.1 Å². The number of hydrogen-bond acceptors (Lipinski definition) is 3. The molecule has 2 aromatic rings. The number of nitrogens with one attached hydrogen (secondary N) is 1. The fourth-order valence-electron chi connectivity index (χ4n) is 2.40. The van der Waals surface area contributed by atoms with Crippen molar-refractivity contribution in [2.75, 3.05) is 6.61 Å². The molecule has 2 aromatic carbocycles. The Kier molecular flexibility index (Phi) is 3.67. The number of hydrogen-bond donors (Lipinski definition) is 1. The van der Waals surface area contributed by atoms with Crippen LogP contribution in [-0.2, 0) is 19.5 Å². The summed E-state index contributed by atoms with van der Waals surface area (Å²) >= 11 is 0. The Bertz CT molecular complexity index is 641. The van der Waals surface area contributed by atoms with Crippen molar-refractivity contribution in [3.8, 4) is 11.8 Å². The van der Waals surface area contributed by atoms with Crippen LogP contribution in [0.15, 0.2) is 42.5 Å². The van der Waals surface area contributed by atoms with Crippen molar-refractivity contribution >= 4 is 0 Å². The van der Waals surface area contributed by atoms with E-state index in [9.17, 15) is 0 Å². The summed E-state index contributed by atoms with van der Waals surface area (Å²) < 4.78 is 5.50. The van der Waals surface area contributed by atoms with Crippen LogP contribution in [0.1, 0.15) is 22.3 Å². The van der Waals surface area contributed by atoms with Gasteiger partial charge in [-0.2, -0.15) is 5.26 Å². The molecular formula is C17H16N2O. The molecule has 0 aliphatic carbocycles. The Morgan fingerprint density at radius 2 is 1.80 bits per heavy atom. The Labute approximate surface area is 118 Å². The summed E-state index contributed by atoms with van der Waals surface area (Å²) in [6.45, 7) is 2.45. The zero-order valence-corrected chi connectivity index (χ0v) is 11.2. The van der Waals surface area contributed by atoms with Crippen molar-refractivity contribution in [1.82, 2.24) is 5.32 Å². The van der Waals surface area contributed by atoms with E-state index in [2.05, 4.69) is 29.6 Å². The number of nitriles is 1. The van der Waals surface area contributed by atoms with E-state index in [1.165, 1.54) is 16.7 Å². The molecule has 0 saturated carbocycles. The predicted octanol–water partition coefficient (Wildman–Crippen LogP) is 2.78. The molecule has 1 N–H and O–H groups in total. The minimum absolute atomic E-state index is 0.701. The molecule has 20 heavy (non-hydrogen) atoms. The number of fused-ring (bicyclic) bond motifs is 1. The number of ether oxygens (including phenoxy) is 1. The highest BCUT2D eigenvalue weighted by molar-refractivity contribution is 5.39. The molecule has 3 rings (SSSR count). The van der Waals surface area contributed by atoms with Crippen molar-refractivity contribution in [2.45, 2.75) is 19.5 Å². The van der Waals surface area contributed by atoms with Gasteiger partial charge in [0.15, 0.2) is 0 Å². The molecule has 3 nitrogen and oxygen atoms in total. The highest BCUT2D eigenvalue weighted by Gasteiger charge is 2.11. The van der Waals surface area contributed by atoms with Gasteiger partial charge in [0.1, 0.15) is 5.75 Å². The third-order valence-electron chi connectivity index (χ3n) is 3.50. The van der Waals surface area contributed by atoms with Crippen LogP contribution in [-0.4, -0.2) is 6.61 Å². The summed E-state index contributed by atoms with van der Waals surface area (Å²) in [7, 11) is 0. The Balaban J connectivity index is 1.56. The first-order valence-electron chi connectivity index (χ1n) is 6.79. The Hall–Kier alpha value is -2.31. The smallest absolute Gasteiger partial charge is 0.122 e. The van der Waals surface area contributed by atoms with Crippen LogP contribution in [0.25, 0.3) is 0 Å². The fraction of sp³-hybridized carbons (Fsp3) is 0.235. The molecule has 1 heterocycles. The van der Waals surface area contributed by atoms with E-state index >= 15 is 0 Å². The molecule has 0 aromatic heterocycles. The van der Waals surface area contributed by atoms with Gasteiger partial charge in [0, 0.05) is 19.5 Å². The minimum atomic E-state index is 0.701. The molecule has 0 atom stereocenters. The second-order valence-electron chi connectivity index (χ2n) is 4.95. The molecule has 0 bridgehead atoms. The first-order chi connectivity index (χ1) is 9.85. The summed E-state index contributed by atoms with van der Waals surface area (Å²) in [5.41, 5.74) is 4.48. The maximum atomic E-state index is 8.75. The van der Waals surface area contributed by atoms with Gasteiger partial charge >= 0.3 is 0 Å². The molecular weight excluding hydrogens is 248 g/mol. The highest BCUT2D eigenvalue weighted by Crippen LogP contribution is 2.25. The number of rotatable bonds is 4. The van der Waals surface area contributed by atoms with Crippen LogP contribution in [0.2, 0.25) is 0 Å². The molecule has 0 amide bonds.